The number of nitrogens with zero attached hydrogens (tertiary/aromatic N) is 2. The highest BCUT2D eigenvalue weighted by Crippen LogP contribution is 2.26. The SMILES string of the molecule is COc1ccc(CN(C)CC(=O)N(C)Cc2ccc(Cl)c(Cl)c2)c(OC)c1. The van der Waals surface area contributed by atoms with Crippen molar-refractivity contribution in [1.82, 2.24) is 9.80 Å². The van der Waals surface area contributed by atoms with Gasteiger partial charge < -0.3 is 14.4 Å². The lowest BCUT2D eigenvalue weighted by molar-refractivity contribution is -0.131. The molecular formula is C20H24Cl2N2O3. The van der Waals surface area contributed by atoms with E-state index in [2.05, 4.69) is 0 Å². The van der Waals surface area contributed by atoms with Crippen molar-refractivity contribution in [3.63, 3.8) is 0 Å². The van der Waals surface area contributed by atoms with Crippen LogP contribution in [-0.4, -0.2) is 50.6 Å². The van der Waals surface area contributed by atoms with Crippen LogP contribution in [0.25, 0.3) is 0 Å². The molecule has 2 aromatic carbocycles. The number of hydrogen-bond donors (Lipinski definition) is 0. The number of benzene rings is 2. The lowest BCUT2D eigenvalue weighted by atomic mass is 10.1. The van der Waals surface area contributed by atoms with Gasteiger partial charge in [0, 0.05) is 31.8 Å². The van der Waals surface area contributed by atoms with Crippen molar-refractivity contribution >= 4 is 29.1 Å². The summed E-state index contributed by atoms with van der Waals surface area (Å²) in [6, 6.07) is 11.0. The first-order valence-corrected chi connectivity index (χ1v) is 9.17. The van der Waals surface area contributed by atoms with Gasteiger partial charge in [-0.15, -0.1) is 0 Å². The Kier molecular flexibility index (Phi) is 7.78. The Morgan fingerprint density at radius 1 is 0.963 bits per heavy atom. The molecule has 0 saturated heterocycles. The second-order valence-corrected chi connectivity index (χ2v) is 7.16. The van der Waals surface area contributed by atoms with Gasteiger partial charge >= 0.3 is 0 Å². The molecule has 27 heavy (non-hydrogen) atoms. The van der Waals surface area contributed by atoms with Crippen molar-refractivity contribution in [1.29, 1.82) is 0 Å². The van der Waals surface area contributed by atoms with E-state index >= 15 is 0 Å². The van der Waals surface area contributed by atoms with Crippen LogP contribution in [0.4, 0.5) is 0 Å². The molecule has 0 spiro atoms. The number of halogens is 2. The van der Waals surface area contributed by atoms with Gasteiger partial charge in [-0.1, -0.05) is 35.3 Å². The zero-order chi connectivity index (χ0) is 20.0. The smallest absolute Gasteiger partial charge is 0.236 e. The van der Waals surface area contributed by atoms with Gasteiger partial charge in [0.1, 0.15) is 11.5 Å². The molecule has 0 fully saturated rings. The Labute approximate surface area is 170 Å². The second-order valence-electron chi connectivity index (χ2n) is 6.35. The number of methoxy groups -OCH3 is 2. The topological polar surface area (TPSA) is 42.0 Å². The maximum Gasteiger partial charge on any atom is 0.236 e. The van der Waals surface area contributed by atoms with Crippen LogP contribution in [0.2, 0.25) is 10.0 Å². The average Bonchev–Trinajstić information content (AvgIpc) is 2.64. The third-order valence-electron chi connectivity index (χ3n) is 4.17. The van der Waals surface area contributed by atoms with Crippen molar-refractivity contribution in [2.24, 2.45) is 0 Å². The van der Waals surface area contributed by atoms with Gasteiger partial charge in [0.2, 0.25) is 5.91 Å². The minimum absolute atomic E-state index is 0.0102. The first-order valence-electron chi connectivity index (χ1n) is 8.41. The molecule has 0 atom stereocenters. The van der Waals surface area contributed by atoms with Crippen LogP contribution < -0.4 is 9.47 Å². The molecule has 0 unspecified atom stereocenters. The minimum atomic E-state index is 0.0102. The van der Waals surface area contributed by atoms with Crippen LogP contribution in [0.5, 0.6) is 11.5 Å². The molecule has 0 radical (unpaired) electrons. The summed E-state index contributed by atoms with van der Waals surface area (Å²) < 4.78 is 10.6. The lowest BCUT2D eigenvalue weighted by Crippen LogP contribution is -2.36. The quantitative estimate of drug-likeness (QED) is 0.656. The third-order valence-corrected chi connectivity index (χ3v) is 4.91. The molecule has 146 valence electrons. The molecule has 0 saturated carbocycles. The van der Waals surface area contributed by atoms with Crippen LogP contribution in [0.15, 0.2) is 36.4 Å². The first-order chi connectivity index (χ1) is 12.8. The molecular weight excluding hydrogens is 387 g/mol. The van der Waals surface area contributed by atoms with E-state index in [0.717, 1.165) is 22.6 Å². The predicted octanol–water partition coefficient (Wildman–Crippen LogP) is 4.10. The fourth-order valence-corrected chi connectivity index (χ4v) is 3.00. The van der Waals surface area contributed by atoms with E-state index in [0.29, 0.717) is 23.1 Å². The van der Waals surface area contributed by atoms with E-state index in [1.165, 1.54) is 0 Å². The van der Waals surface area contributed by atoms with E-state index in [1.54, 1.807) is 38.3 Å². The van der Waals surface area contributed by atoms with Gasteiger partial charge in [0.15, 0.2) is 0 Å². The van der Waals surface area contributed by atoms with Crippen molar-refractivity contribution in [3.8, 4) is 11.5 Å². The van der Waals surface area contributed by atoms with Gasteiger partial charge in [0.25, 0.3) is 0 Å². The van der Waals surface area contributed by atoms with Gasteiger partial charge in [-0.25, -0.2) is 0 Å². The average molecular weight is 411 g/mol. The number of hydrogen-bond acceptors (Lipinski definition) is 4. The summed E-state index contributed by atoms with van der Waals surface area (Å²) in [6.45, 7) is 1.34. The molecule has 0 aliphatic heterocycles. The maximum atomic E-state index is 12.5. The number of rotatable bonds is 8. The molecule has 0 aliphatic carbocycles. The number of likely N-dealkylation sites (N-methyl/N-ethyl adjacent to an activating group) is 2. The standard InChI is InChI=1S/C20H24Cl2N2O3/c1-23(12-15-6-7-16(26-3)10-19(15)27-4)13-20(25)24(2)11-14-5-8-17(21)18(22)9-14/h5-10H,11-13H2,1-4H3. The number of ether oxygens (including phenoxy) is 2. The summed E-state index contributed by atoms with van der Waals surface area (Å²) in [5.41, 5.74) is 1.92. The highest BCUT2D eigenvalue weighted by molar-refractivity contribution is 6.42. The van der Waals surface area contributed by atoms with Crippen LogP contribution >= 0.6 is 23.2 Å². The van der Waals surface area contributed by atoms with Crippen LogP contribution in [0, 0.1) is 0 Å². The van der Waals surface area contributed by atoms with E-state index < -0.39 is 0 Å². The maximum absolute atomic E-state index is 12.5. The summed E-state index contributed by atoms with van der Waals surface area (Å²) in [5, 5.41) is 0.987. The monoisotopic (exact) mass is 410 g/mol. The van der Waals surface area contributed by atoms with E-state index in [-0.39, 0.29) is 12.5 Å². The van der Waals surface area contributed by atoms with Crippen molar-refractivity contribution in [2.45, 2.75) is 13.1 Å². The van der Waals surface area contributed by atoms with Crippen LogP contribution in [0.3, 0.4) is 0 Å². The largest absolute Gasteiger partial charge is 0.497 e. The fourth-order valence-electron chi connectivity index (χ4n) is 2.68. The summed E-state index contributed by atoms with van der Waals surface area (Å²) in [4.78, 5) is 16.1. The van der Waals surface area contributed by atoms with Crippen molar-refractivity contribution in [2.75, 3.05) is 34.9 Å². The molecule has 2 rings (SSSR count). The van der Waals surface area contributed by atoms with Crippen molar-refractivity contribution < 1.29 is 14.3 Å². The summed E-state index contributed by atoms with van der Waals surface area (Å²) in [5.74, 6) is 1.48. The Balaban J connectivity index is 1.95. The highest BCUT2D eigenvalue weighted by Gasteiger charge is 2.15. The van der Waals surface area contributed by atoms with E-state index in [1.807, 2.05) is 36.2 Å². The molecule has 7 heteroatoms. The lowest BCUT2D eigenvalue weighted by Gasteiger charge is -2.23. The highest BCUT2D eigenvalue weighted by atomic mass is 35.5. The van der Waals surface area contributed by atoms with Crippen LogP contribution in [-0.2, 0) is 17.9 Å². The number of carbonyl (C=O) groups excluding carboxylic acids is 1. The minimum Gasteiger partial charge on any atom is -0.497 e. The summed E-state index contributed by atoms with van der Waals surface area (Å²) in [6.07, 6.45) is 0. The zero-order valence-electron chi connectivity index (χ0n) is 16.0. The second kappa shape index (κ2) is 9.83. The van der Waals surface area contributed by atoms with Gasteiger partial charge in [-0.3, -0.25) is 9.69 Å². The van der Waals surface area contributed by atoms with Crippen LogP contribution in [0.1, 0.15) is 11.1 Å². The number of carbonyl (C=O) groups is 1. The fraction of sp³-hybridized carbons (Fsp3) is 0.350. The molecule has 0 bridgehead atoms. The zero-order valence-corrected chi connectivity index (χ0v) is 17.5. The Bertz CT molecular complexity index is 799. The van der Waals surface area contributed by atoms with E-state index in [9.17, 15) is 4.79 Å². The van der Waals surface area contributed by atoms with Gasteiger partial charge in [-0.05, 0) is 30.8 Å². The van der Waals surface area contributed by atoms with Gasteiger partial charge in [0.05, 0.1) is 30.8 Å². The van der Waals surface area contributed by atoms with Gasteiger partial charge in [-0.2, -0.15) is 0 Å². The molecule has 0 aromatic heterocycles. The Morgan fingerprint density at radius 2 is 1.70 bits per heavy atom. The molecule has 0 heterocycles. The Morgan fingerprint density at radius 3 is 2.33 bits per heavy atom. The van der Waals surface area contributed by atoms with E-state index in [4.69, 9.17) is 32.7 Å². The predicted molar refractivity (Wildman–Crippen MR) is 109 cm³/mol. The molecule has 5 nitrogen and oxygen atoms in total. The molecule has 0 N–H and O–H groups in total. The Hall–Kier alpha value is -1.95. The van der Waals surface area contributed by atoms with Crippen molar-refractivity contribution in [3.05, 3.63) is 57.6 Å². The normalized spacial score (nSPS) is 10.8. The number of amides is 1. The summed E-state index contributed by atoms with van der Waals surface area (Å²) in [7, 11) is 6.90. The molecule has 0 aliphatic rings. The molecule has 2 aromatic rings. The first kappa shape index (κ1) is 21.4. The summed E-state index contributed by atoms with van der Waals surface area (Å²) >= 11 is 12.0. The molecule has 1 amide bonds. The third kappa shape index (κ3) is 6.03.